The largest absolute Gasteiger partial charge is 0.495 e. The highest BCUT2D eigenvalue weighted by molar-refractivity contribution is 7.22. The fourth-order valence-corrected chi connectivity index (χ4v) is 2.64. The van der Waals surface area contributed by atoms with Crippen molar-refractivity contribution in [3.05, 3.63) is 42.7 Å². The first-order valence-corrected chi connectivity index (χ1v) is 6.03. The molecule has 4 heteroatoms. The number of rotatable bonds is 2. The second-order valence-electron chi connectivity index (χ2n) is 3.58. The summed E-state index contributed by atoms with van der Waals surface area (Å²) in [5, 5.41) is 0. The van der Waals surface area contributed by atoms with Crippen molar-refractivity contribution in [3.8, 4) is 16.3 Å². The van der Waals surface area contributed by atoms with Gasteiger partial charge in [0, 0.05) is 6.20 Å². The summed E-state index contributed by atoms with van der Waals surface area (Å²) in [7, 11) is 1.64. The van der Waals surface area contributed by atoms with E-state index in [9.17, 15) is 0 Å². The van der Waals surface area contributed by atoms with Crippen molar-refractivity contribution < 1.29 is 4.74 Å². The number of thiophene rings is 1. The molecule has 0 atom stereocenters. The van der Waals surface area contributed by atoms with Gasteiger partial charge >= 0.3 is 0 Å². The average molecular weight is 242 g/mol. The Hall–Kier alpha value is -1.94. The van der Waals surface area contributed by atoms with Crippen molar-refractivity contribution in [2.45, 2.75) is 0 Å². The molecule has 3 nitrogen and oxygen atoms in total. The first-order valence-electron chi connectivity index (χ1n) is 5.22. The number of methoxy groups -OCH3 is 1. The molecule has 3 aromatic heterocycles. The smallest absolute Gasteiger partial charge is 0.137 e. The second kappa shape index (κ2) is 4.14. The van der Waals surface area contributed by atoms with E-state index in [1.54, 1.807) is 30.8 Å². The summed E-state index contributed by atoms with van der Waals surface area (Å²) in [6.07, 6.45) is 3.54. The monoisotopic (exact) mass is 242 g/mol. The molecule has 84 valence electrons. The van der Waals surface area contributed by atoms with Gasteiger partial charge in [-0.2, -0.15) is 0 Å². The van der Waals surface area contributed by atoms with E-state index in [1.165, 1.54) is 4.70 Å². The minimum atomic E-state index is 0.771. The van der Waals surface area contributed by atoms with Crippen LogP contribution in [-0.4, -0.2) is 17.1 Å². The zero-order valence-corrected chi connectivity index (χ0v) is 10.1. The quantitative estimate of drug-likeness (QED) is 0.691. The van der Waals surface area contributed by atoms with Crippen molar-refractivity contribution in [1.29, 1.82) is 0 Å². The lowest BCUT2D eigenvalue weighted by atomic mass is 10.3. The number of pyridine rings is 2. The van der Waals surface area contributed by atoms with Crippen LogP contribution in [0.2, 0.25) is 0 Å². The molecule has 0 spiro atoms. The van der Waals surface area contributed by atoms with Crippen LogP contribution in [0.15, 0.2) is 42.7 Å². The molecule has 0 aromatic carbocycles. The van der Waals surface area contributed by atoms with Crippen LogP contribution in [0.4, 0.5) is 0 Å². The molecule has 0 radical (unpaired) electrons. The Morgan fingerprint density at radius 1 is 1.18 bits per heavy atom. The first kappa shape index (κ1) is 10.2. The van der Waals surface area contributed by atoms with Gasteiger partial charge in [0.2, 0.25) is 0 Å². The molecule has 0 saturated carbocycles. The Kier molecular flexibility index (Phi) is 2.49. The zero-order valence-electron chi connectivity index (χ0n) is 9.25. The summed E-state index contributed by atoms with van der Waals surface area (Å²) in [4.78, 5) is 9.82. The molecule has 0 aliphatic rings. The van der Waals surface area contributed by atoms with Crippen LogP contribution in [0, 0.1) is 0 Å². The number of ether oxygens (including phenoxy) is 1. The number of hydrogen-bond acceptors (Lipinski definition) is 4. The lowest BCUT2D eigenvalue weighted by Gasteiger charge is -1.99. The Bertz CT molecular complexity index is 613. The summed E-state index contributed by atoms with van der Waals surface area (Å²) in [6.45, 7) is 0. The average Bonchev–Trinajstić information content (AvgIpc) is 2.82. The van der Waals surface area contributed by atoms with E-state index in [0.29, 0.717) is 0 Å². The summed E-state index contributed by atoms with van der Waals surface area (Å²) >= 11 is 1.70. The molecule has 0 N–H and O–H groups in total. The molecule has 3 aromatic rings. The first-order chi connectivity index (χ1) is 8.36. The van der Waals surface area contributed by atoms with Crippen LogP contribution in [0.25, 0.3) is 20.8 Å². The van der Waals surface area contributed by atoms with Gasteiger partial charge < -0.3 is 4.74 Å². The molecule has 0 saturated heterocycles. The van der Waals surface area contributed by atoms with Gasteiger partial charge in [0.1, 0.15) is 5.75 Å². The molecule has 0 bridgehead atoms. The summed E-state index contributed by atoms with van der Waals surface area (Å²) in [6, 6.07) is 9.96. The van der Waals surface area contributed by atoms with Crippen molar-refractivity contribution in [3.63, 3.8) is 0 Å². The molecule has 3 rings (SSSR count). The van der Waals surface area contributed by atoms with Crippen LogP contribution < -0.4 is 4.74 Å². The summed E-state index contributed by atoms with van der Waals surface area (Å²) < 4.78 is 6.27. The van der Waals surface area contributed by atoms with Gasteiger partial charge in [0.05, 0.1) is 34.1 Å². The lowest BCUT2D eigenvalue weighted by Crippen LogP contribution is -1.84. The third-order valence-electron chi connectivity index (χ3n) is 2.51. The Morgan fingerprint density at radius 3 is 2.82 bits per heavy atom. The minimum absolute atomic E-state index is 0.771. The van der Waals surface area contributed by atoms with E-state index in [2.05, 4.69) is 22.1 Å². The van der Waals surface area contributed by atoms with Gasteiger partial charge in [0.25, 0.3) is 0 Å². The lowest BCUT2D eigenvalue weighted by molar-refractivity contribution is 0.413. The van der Waals surface area contributed by atoms with Crippen LogP contribution in [-0.2, 0) is 0 Å². The number of nitrogens with zero attached hydrogens (tertiary/aromatic N) is 2. The maximum Gasteiger partial charge on any atom is 0.137 e. The third kappa shape index (κ3) is 1.87. The van der Waals surface area contributed by atoms with Gasteiger partial charge in [-0.05, 0) is 30.3 Å². The fraction of sp³-hybridized carbons (Fsp3) is 0.0769. The number of aromatic nitrogens is 2. The van der Waals surface area contributed by atoms with Crippen molar-refractivity contribution in [1.82, 2.24) is 9.97 Å². The number of hydrogen-bond donors (Lipinski definition) is 0. The summed E-state index contributed by atoms with van der Waals surface area (Å²) in [5.41, 5.74) is 1.97. The second-order valence-corrected chi connectivity index (χ2v) is 4.66. The highest BCUT2D eigenvalue weighted by Crippen LogP contribution is 2.31. The van der Waals surface area contributed by atoms with Gasteiger partial charge in [-0.1, -0.05) is 0 Å². The van der Waals surface area contributed by atoms with Crippen LogP contribution in [0.1, 0.15) is 0 Å². The van der Waals surface area contributed by atoms with E-state index < -0.39 is 0 Å². The predicted molar refractivity (Wildman–Crippen MR) is 69.4 cm³/mol. The SMILES string of the molecule is COc1ccc(-c2cc3ncccc3s2)nc1. The van der Waals surface area contributed by atoms with Gasteiger partial charge in [-0.25, -0.2) is 0 Å². The van der Waals surface area contributed by atoms with E-state index in [0.717, 1.165) is 21.8 Å². The molecular weight excluding hydrogens is 232 g/mol. The van der Waals surface area contributed by atoms with Crippen molar-refractivity contribution in [2.75, 3.05) is 7.11 Å². The molecule has 3 heterocycles. The molecule has 0 amide bonds. The number of fused-ring (bicyclic) bond motifs is 1. The molecule has 0 aliphatic heterocycles. The topological polar surface area (TPSA) is 35.0 Å². The highest BCUT2D eigenvalue weighted by Gasteiger charge is 2.05. The van der Waals surface area contributed by atoms with Crippen molar-refractivity contribution in [2.24, 2.45) is 0 Å². The van der Waals surface area contributed by atoms with Crippen LogP contribution in [0.5, 0.6) is 5.75 Å². The van der Waals surface area contributed by atoms with E-state index in [1.807, 2.05) is 18.2 Å². The Morgan fingerprint density at radius 2 is 2.12 bits per heavy atom. The van der Waals surface area contributed by atoms with E-state index >= 15 is 0 Å². The van der Waals surface area contributed by atoms with Gasteiger partial charge in [-0.3, -0.25) is 9.97 Å². The normalized spacial score (nSPS) is 10.6. The van der Waals surface area contributed by atoms with Crippen LogP contribution in [0.3, 0.4) is 0 Å². The molecule has 0 fully saturated rings. The predicted octanol–water partition coefficient (Wildman–Crippen LogP) is 3.37. The highest BCUT2D eigenvalue weighted by atomic mass is 32.1. The van der Waals surface area contributed by atoms with Gasteiger partial charge in [0.15, 0.2) is 0 Å². The molecular formula is C13H10N2OS. The standard InChI is InChI=1S/C13H10N2OS/c1-16-9-4-5-10(15-8-9)13-7-11-12(17-13)3-2-6-14-11/h2-8H,1H3. The zero-order chi connectivity index (χ0) is 11.7. The summed E-state index contributed by atoms with van der Waals surface area (Å²) in [5.74, 6) is 0.771. The van der Waals surface area contributed by atoms with E-state index in [-0.39, 0.29) is 0 Å². The molecule has 0 aliphatic carbocycles. The van der Waals surface area contributed by atoms with Crippen molar-refractivity contribution >= 4 is 21.6 Å². The molecule has 0 unspecified atom stereocenters. The maximum atomic E-state index is 5.09. The Labute approximate surface area is 103 Å². The molecule has 17 heavy (non-hydrogen) atoms. The van der Waals surface area contributed by atoms with Gasteiger partial charge in [-0.15, -0.1) is 11.3 Å². The maximum absolute atomic E-state index is 5.09. The minimum Gasteiger partial charge on any atom is -0.495 e. The third-order valence-corrected chi connectivity index (χ3v) is 3.62. The van der Waals surface area contributed by atoms with E-state index in [4.69, 9.17) is 4.74 Å². The Balaban J connectivity index is 2.07. The van der Waals surface area contributed by atoms with Crippen LogP contribution >= 0.6 is 11.3 Å². The fourth-order valence-electron chi connectivity index (χ4n) is 1.64.